The van der Waals surface area contributed by atoms with Gasteiger partial charge in [-0.3, -0.25) is 4.55 Å². The average Bonchev–Trinajstić information content (AvgIpc) is 1.63. The van der Waals surface area contributed by atoms with Crippen LogP contribution in [-0.4, -0.2) is 44.1 Å². The van der Waals surface area contributed by atoms with Gasteiger partial charge in [0, 0.05) is 0 Å². The van der Waals surface area contributed by atoms with Crippen molar-refractivity contribution in [1.29, 1.82) is 0 Å². The minimum atomic E-state index is -3.75. The van der Waals surface area contributed by atoms with Gasteiger partial charge in [-0.25, -0.2) is 0 Å². The van der Waals surface area contributed by atoms with Crippen molar-refractivity contribution in [2.24, 2.45) is 5.73 Å². The predicted molar refractivity (Wildman–Crippen MR) is 41.9 cm³/mol. The molecule has 0 unspecified atom stereocenters. The van der Waals surface area contributed by atoms with Crippen LogP contribution < -0.4 is 5.73 Å². The van der Waals surface area contributed by atoms with Gasteiger partial charge in [0.1, 0.15) is 0 Å². The third-order valence-electron chi connectivity index (χ3n) is 0.856. The van der Waals surface area contributed by atoms with E-state index in [1.807, 2.05) is 0 Å². The Morgan fingerprint density at radius 1 is 1.30 bits per heavy atom. The summed E-state index contributed by atoms with van der Waals surface area (Å²) in [4.78, 5) is 0. The van der Waals surface area contributed by atoms with Crippen LogP contribution in [0.2, 0.25) is 0 Å². The van der Waals surface area contributed by atoms with E-state index in [4.69, 9.17) is 10.3 Å². The summed E-state index contributed by atoms with van der Waals surface area (Å²) in [7, 11) is -3.75. The van der Waals surface area contributed by atoms with Gasteiger partial charge >= 0.3 is 18.9 Å². The second-order valence-electron chi connectivity index (χ2n) is 1.78. The summed E-state index contributed by atoms with van der Waals surface area (Å²) in [5.41, 5.74) is 5.08. The van der Waals surface area contributed by atoms with Gasteiger partial charge in [0.25, 0.3) is 10.1 Å². The molecule has 0 aliphatic heterocycles. The molecule has 10 heavy (non-hydrogen) atoms. The third-order valence-corrected chi connectivity index (χ3v) is 1.66. The molecule has 0 saturated carbocycles. The molecule has 0 atom stereocenters. The molecule has 0 amide bonds. The molecule has 0 heterocycles. The van der Waals surface area contributed by atoms with E-state index in [1.165, 1.54) is 0 Å². The molecule has 0 saturated heterocycles. The number of rotatable bonds is 4. The first-order valence-electron chi connectivity index (χ1n) is 2.71. The Kier molecular flexibility index (Phi) is 8.11. The first kappa shape index (κ1) is 13.1. The molecule has 0 aliphatic carbocycles. The van der Waals surface area contributed by atoms with Crippen molar-refractivity contribution in [1.82, 2.24) is 0 Å². The summed E-state index contributed by atoms with van der Waals surface area (Å²) < 4.78 is 28.2. The Bertz CT molecular complexity index is 156. The van der Waals surface area contributed by atoms with Gasteiger partial charge in [0.2, 0.25) is 0 Å². The summed E-state index contributed by atoms with van der Waals surface area (Å²) in [6, 6.07) is 0. The molecular weight excluding hydrogens is 149 g/mol. The van der Waals surface area contributed by atoms with Crippen molar-refractivity contribution in [2.75, 3.05) is 12.3 Å². The van der Waals surface area contributed by atoms with Crippen LogP contribution in [0.5, 0.6) is 0 Å². The Hall–Kier alpha value is 0.467. The van der Waals surface area contributed by atoms with Crippen LogP contribution in [-0.2, 0) is 10.1 Å². The monoisotopic (exact) mass is 161 g/mol. The molecule has 0 aromatic carbocycles. The average molecular weight is 161 g/mol. The number of unbranched alkanes of at least 4 members (excludes halogenated alkanes) is 1. The van der Waals surface area contributed by atoms with Crippen LogP contribution in [0.3, 0.4) is 0 Å². The van der Waals surface area contributed by atoms with Crippen LogP contribution in [0.4, 0.5) is 0 Å². The van der Waals surface area contributed by atoms with E-state index in [0.717, 1.165) is 0 Å². The van der Waals surface area contributed by atoms with E-state index in [2.05, 4.69) is 0 Å². The van der Waals surface area contributed by atoms with Crippen molar-refractivity contribution in [3.8, 4) is 0 Å². The fourth-order valence-electron chi connectivity index (χ4n) is 0.429. The first-order chi connectivity index (χ1) is 4.06. The third kappa shape index (κ3) is 11.3. The first-order valence-corrected chi connectivity index (χ1v) is 4.32. The number of hydrogen-bond acceptors (Lipinski definition) is 3. The minimum absolute atomic E-state index is 0. The maximum absolute atomic E-state index is 10.0. The van der Waals surface area contributed by atoms with Crippen molar-refractivity contribution < 1.29 is 13.0 Å². The van der Waals surface area contributed by atoms with Crippen LogP contribution in [0.25, 0.3) is 0 Å². The van der Waals surface area contributed by atoms with Crippen molar-refractivity contribution in [2.45, 2.75) is 12.8 Å². The van der Waals surface area contributed by atoms with Crippen molar-refractivity contribution >= 4 is 29.0 Å². The van der Waals surface area contributed by atoms with Gasteiger partial charge in [-0.05, 0) is 19.4 Å². The van der Waals surface area contributed by atoms with E-state index in [1.54, 1.807) is 0 Å². The summed E-state index contributed by atoms with van der Waals surface area (Å²) in [5.74, 6) is -0.176. The molecule has 0 rings (SSSR count). The fraction of sp³-hybridized carbons (Fsp3) is 1.00. The van der Waals surface area contributed by atoms with Gasteiger partial charge in [-0.15, -0.1) is 0 Å². The van der Waals surface area contributed by atoms with Crippen molar-refractivity contribution in [3.63, 3.8) is 0 Å². The second-order valence-corrected chi connectivity index (χ2v) is 3.35. The van der Waals surface area contributed by atoms with Gasteiger partial charge in [0.15, 0.2) is 0 Å². The van der Waals surface area contributed by atoms with E-state index >= 15 is 0 Å². The molecule has 0 bridgehead atoms. The van der Waals surface area contributed by atoms with E-state index < -0.39 is 10.1 Å². The normalized spacial score (nSPS) is 10.6. The van der Waals surface area contributed by atoms with E-state index in [9.17, 15) is 8.42 Å². The zero-order valence-electron chi connectivity index (χ0n) is 5.08. The van der Waals surface area contributed by atoms with Gasteiger partial charge in [-0.1, -0.05) is 0 Å². The molecule has 0 aliphatic rings. The molecule has 3 N–H and O–H groups in total. The molecule has 58 valence electrons. The topological polar surface area (TPSA) is 80.4 Å². The van der Waals surface area contributed by atoms with Gasteiger partial charge < -0.3 is 5.73 Å². The molecule has 0 aromatic heterocycles. The van der Waals surface area contributed by atoms with Gasteiger partial charge in [0.05, 0.1) is 5.75 Å². The summed E-state index contributed by atoms with van der Waals surface area (Å²) in [6.07, 6.45) is 1.08. The number of hydrogen-bond donors (Lipinski definition) is 2. The zero-order valence-corrected chi connectivity index (χ0v) is 5.89. The fourth-order valence-corrected chi connectivity index (χ4v) is 0.998. The summed E-state index contributed by atoms with van der Waals surface area (Å²) >= 11 is 0. The zero-order chi connectivity index (χ0) is 7.33. The van der Waals surface area contributed by atoms with E-state index in [-0.39, 0.29) is 24.6 Å². The molecule has 0 radical (unpaired) electrons. The summed E-state index contributed by atoms with van der Waals surface area (Å²) in [5, 5.41) is 0. The molecule has 0 spiro atoms. The standard InChI is InChI=1S/C4H11NO3S.Li.H/c5-3-1-2-4-9(6,7)8;;/h1-5H2,(H,6,7,8);;. The Balaban J connectivity index is 0. The molecular formula is C4H12LiNO3S. The Morgan fingerprint density at radius 2 is 1.80 bits per heavy atom. The molecule has 0 fully saturated rings. The second kappa shape index (κ2) is 6.20. The predicted octanol–water partition coefficient (Wildman–Crippen LogP) is -1.04. The quantitative estimate of drug-likeness (QED) is 0.313. The molecule has 6 heteroatoms. The molecule has 0 aromatic rings. The molecule has 4 nitrogen and oxygen atoms in total. The Morgan fingerprint density at radius 3 is 2.10 bits per heavy atom. The number of nitrogens with two attached hydrogens (primary N) is 1. The summed E-state index contributed by atoms with van der Waals surface area (Å²) in [6.45, 7) is 0.468. The Labute approximate surface area is 73.1 Å². The van der Waals surface area contributed by atoms with Crippen LogP contribution in [0, 0.1) is 0 Å². The maximum atomic E-state index is 10.0. The van der Waals surface area contributed by atoms with Gasteiger partial charge in [-0.2, -0.15) is 8.42 Å². The van der Waals surface area contributed by atoms with Crippen LogP contribution in [0.1, 0.15) is 12.8 Å². The van der Waals surface area contributed by atoms with Crippen LogP contribution >= 0.6 is 0 Å². The SMILES string of the molecule is NCCCCS(=O)(=O)O.[LiH]. The van der Waals surface area contributed by atoms with Crippen LogP contribution in [0.15, 0.2) is 0 Å². The van der Waals surface area contributed by atoms with Crippen molar-refractivity contribution in [3.05, 3.63) is 0 Å². The van der Waals surface area contributed by atoms with E-state index in [0.29, 0.717) is 19.4 Å².